The summed E-state index contributed by atoms with van der Waals surface area (Å²) in [6.45, 7) is 8.04. The fourth-order valence-corrected chi connectivity index (χ4v) is 2.62. The van der Waals surface area contributed by atoms with E-state index >= 15 is 0 Å². The molecule has 1 aliphatic carbocycles. The Morgan fingerprint density at radius 3 is 2.20 bits per heavy atom. The zero-order valence-electron chi connectivity index (χ0n) is 10.9. The zero-order valence-corrected chi connectivity index (χ0v) is 10.9. The first-order chi connectivity index (χ1) is 7.22. The molecule has 1 rings (SSSR count). The lowest BCUT2D eigenvalue weighted by atomic mass is 9.80. The Morgan fingerprint density at radius 1 is 1.07 bits per heavy atom. The molecule has 0 spiro atoms. The van der Waals surface area contributed by atoms with E-state index in [0.29, 0.717) is 6.04 Å². The first-order valence-electron chi connectivity index (χ1n) is 6.95. The first-order valence-corrected chi connectivity index (χ1v) is 6.95. The van der Waals surface area contributed by atoms with E-state index in [-0.39, 0.29) is 0 Å². The van der Waals surface area contributed by atoms with Crippen LogP contribution in [0.25, 0.3) is 0 Å². The highest BCUT2D eigenvalue weighted by Gasteiger charge is 2.20. The van der Waals surface area contributed by atoms with E-state index in [2.05, 4.69) is 26.1 Å². The molecule has 1 nitrogen and oxygen atoms in total. The maximum atomic E-state index is 3.57. The summed E-state index contributed by atoms with van der Waals surface area (Å²) in [4.78, 5) is 0. The van der Waals surface area contributed by atoms with Gasteiger partial charge >= 0.3 is 0 Å². The van der Waals surface area contributed by atoms with Crippen LogP contribution in [0.2, 0.25) is 0 Å². The fraction of sp³-hybridized carbons (Fsp3) is 1.00. The standard InChI is InChI=1S/C14H29N/c1-4-5-6-13-7-9-14(10-8-13)11-15-12(2)3/h12-15H,4-11H2,1-3H3. The second kappa shape index (κ2) is 7.27. The molecule has 1 heteroatoms. The van der Waals surface area contributed by atoms with Crippen LogP contribution in [0.1, 0.15) is 65.7 Å². The van der Waals surface area contributed by atoms with Crippen LogP contribution in [0.3, 0.4) is 0 Å². The smallest absolute Gasteiger partial charge is 0.00104 e. The molecule has 0 aromatic rings. The molecule has 0 atom stereocenters. The minimum Gasteiger partial charge on any atom is -0.314 e. The number of nitrogens with one attached hydrogen (secondary N) is 1. The lowest BCUT2D eigenvalue weighted by molar-refractivity contribution is 0.250. The van der Waals surface area contributed by atoms with Crippen molar-refractivity contribution >= 4 is 0 Å². The first kappa shape index (κ1) is 13.0. The fourth-order valence-electron chi connectivity index (χ4n) is 2.62. The minimum absolute atomic E-state index is 0.655. The monoisotopic (exact) mass is 211 g/mol. The molecular weight excluding hydrogens is 182 g/mol. The van der Waals surface area contributed by atoms with Crippen LogP contribution in [0.15, 0.2) is 0 Å². The predicted octanol–water partition coefficient (Wildman–Crippen LogP) is 3.98. The van der Waals surface area contributed by atoms with Gasteiger partial charge in [-0.05, 0) is 31.2 Å². The Balaban J connectivity index is 2.07. The molecule has 0 aromatic carbocycles. The third kappa shape index (κ3) is 5.55. The quantitative estimate of drug-likeness (QED) is 0.700. The van der Waals surface area contributed by atoms with Crippen LogP contribution in [0.4, 0.5) is 0 Å². The van der Waals surface area contributed by atoms with Crippen LogP contribution in [0, 0.1) is 11.8 Å². The van der Waals surface area contributed by atoms with Crippen molar-refractivity contribution in [2.24, 2.45) is 11.8 Å². The van der Waals surface area contributed by atoms with Crippen molar-refractivity contribution < 1.29 is 0 Å². The molecule has 1 N–H and O–H groups in total. The van der Waals surface area contributed by atoms with Gasteiger partial charge in [-0.1, -0.05) is 52.9 Å². The van der Waals surface area contributed by atoms with Crippen molar-refractivity contribution in [2.75, 3.05) is 6.54 Å². The number of unbranched alkanes of at least 4 members (excludes halogenated alkanes) is 1. The predicted molar refractivity (Wildman–Crippen MR) is 68.1 cm³/mol. The van der Waals surface area contributed by atoms with Gasteiger partial charge in [0.05, 0.1) is 0 Å². The van der Waals surface area contributed by atoms with Crippen molar-refractivity contribution in [3.8, 4) is 0 Å². The van der Waals surface area contributed by atoms with Crippen molar-refractivity contribution in [3.05, 3.63) is 0 Å². The average molecular weight is 211 g/mol. The largest absolute Gasteiger partial charge is 0.314 e. The van der Waals surface area contributed by atoms with Crippen LogP contribution >= 0.6 is 0 Å². The zero-order chi connectivity index (χ0) is 11.1. The Hall–Kier alpha value is -0.0400. The highest BCUT2D eigenvalue weighted by molar-refractivity contribution is 4.74. The summed E-state index contributed by atoms with van der Waals surface area (Å²) in [5, 5.41) is 3.57. The molecule has 0 heterocycles. The molecule has 90 valence electrons. The summed E-state index contributed by atoms with van der Waals surface area (Å²) >= 11 is 0. The Labute approximate surface area is 96.0 Å². The van der Waals surface area contributed by atoms with Crippen LogP contribution < -0.4 is 5.32 Å². The molecule has 0 amide bonds. The van der Waals surface area contributed by atoms with E-state index in [9.17, 15) is 0 Å². The lowest BCUT2D eigenvalue weighted by Crippen LogP contribution is -2.31. The summed E-state index contributed by atoms with van der Waals surface area (Å²) in [5.41, 5.74) is 0. The normalized spacial score (nSPS) is 27.2. The Bertz CT molecular complexity index is 145. The SMILES string of the molecule is CCCCC1CCC(CNC(C)C)CC1. The third-order valence-electron chi connectivity index (χ3n) is 3.75. The molecule has 1 fully saturated rings. The van der Waals surface area contributed by atoms with Crippen LogP contribution in [-0.2, 0) is 0 Å². The van der Waals surface area contributed by atoms with Gasteiger partial charge in [-0.15, -0.1) is 0 Å². The van der Waals surface area contributed by atoms with E-state index in [1.165, 1.54) is 51.5 Å². The molecule has 0 bridgehead atoms. The lowest BCUT2D eigenvalue weighted by Gasteiger charge is -2.29. The van der Waals surface area contributed by atoms with Gasteiger partial charge in [-0.3, -0.25) is 0 Å². The molecule has 1 aliphatic rings. The van der Waals surface area contributed by atoms with Gasteiger partial charge in [-0.2, -0.15) is 0 Å². The second-order valence-electron chi connectivity index (χ2n) is 5.59. The molecule has 0 radical (unpaired) electrons. The van der Waals surface area contributed by atoms with E-state index in [0.717, 1.165) is 11.8 Å². The molecule has 15 heavy (non-hydrogen) atoms. The van der Waals surface area contributed by atoms with Crippen LogP contribution in [0.5, 0.6) is 0 Å². The van der Waals surface area contributed by atoms with E-state index in [1.54, 1.807) is 0 Å². The number of hydrogen-bond acceptors (Lipinski definition) is 1. The van der Waals surface area contributed by atoms with Crippen molar-refractivity contribution in [1.29, 1.82) is 0 Å². The van der Waals surface area contributed by atoms with Gasteiger partial charge in [0, 0.05) is 6.04 Å². The molecule has 0 aliphatic heterocycles. The summed E-state index contributed by atoms with van der Waals surface area (Å²) in [6, 6.07) is 0.655. The molecule has 1 saturated carbocycles. The highest BCUT2D eigenvalue weighted by Crippen LogP contribution is 2.31. The number of hydrogen-bond donors (Lipinski definition) is 1. The second-order valence-corrected chi connectivity index (χ2v) is 5.59. The van der Waals surface area contributed by atoms with Crippen LogP contribution in [-0.4, -0.2) is 12.6 Å². The Kier molecular flexibility index (Phi) is 6.31. The molecule has 0 unspecified atom stereocenters. The van der Waals surface area contributed by atoms with E-state index < -0.39 is 0 Å². The third-order valence-corrected chi connectivity index (χ3v) is 3.75. The summed E-state index contributed by atoms with van der Waals surface area (Å²) in [6.07, 6.45) is 10.2. The van der Waals surface area contributed by atoms with Gasteiger partial charge in [-0.25, -0.2) is 0 Å². The van der Waals surface area contributed by atoms with E-state index in [4.69, 9.17) is 0 Å². The summed E-state index contributed by atoms with van der Waals surface area (Å²) in [5.74, 6) is 2.02. The maximum Gasteiger partial charge on any atom is 0.00104 e. The molecule has 0 aromatic heterocycles. The maximum absolute atomic E-state index is 3.57. The summed E-state index contributed by atoms with van der Waals surface area (Å²) in [7, 11) is 0. The van der Waals surface area contributed by atoms with Gasteiger partial charge in [0.2, 0.25) is 0 Å². The van der Waals surface area contributed by atoms with Gasteiger partial charge in [0.15, 0.2) is 0 Å². The van der Waals surface area contributed by atoms with Gasteiger partial charge in [0.25, 0.3) is 0 Å². The average Bonchev–Trinajstić information content (AvgIpc) is 2.25. The van der Waals surface area contributed by atoms with E-state index in [1.807, 2.05) is 0 Å². The van der Waals surface area contributed by atoms with Gasteiger partial charge in [0.1, 0.15) is 0 Å². The van der Waals surface area contributed by atoms with Gasteiger partial charge < -0.3 is 5.32 Å². The minimum atomic E-state index is 0.655. The number of rotatable bonds is 6. The molecular formula is C14H29N. The highest BCUT2D eigenvalue weighted by atomic mass is 14.9. The molecule has 0 saturated heterocycles. The summed E-state index contributed by atoms with van der Waals surface area (Å²) < 4.78 is 0. The Morgan fingerprint density at radius 2 is 1.67 bits per heavy atom. The topological polar surface area (TPSA) is 12.0 Å². The van der Waals surface area contributed by atoms with Crippen molar-refractivity contribution in [1.82, 2.24) is 5.32 Å². The van der Waals surface area contributed by atoms with Crippen molar-refractivity contribution in [3.63, 3.8) is 0 Å². The van der Waals surface area contributed by atoms with Crippen molar-refractivity contribution in [2.45, 2.75) is 71.8 Å².